The minimum Gasteiger partial charge on any atom is -0.368 e. The number of halogens is 1. The molecule has 7 nitrogen and oxygen atoms in total. The number of nitrogens with one attached hydrogen (secondary N) is 2. The van der Waals surface area contributed by atoms with Crippen molar-refractivity contribution >= 4 is 22.8 Å². The molecular weight excluding hydrogens is 385 g/mol. The Morgan fingerprint density at radius 2 is 1.90 bits per heavy atom. The lowest BCUT2D eigenvalue weighted by Crippen LogP contribution is -2.45. The van der Waals surface area contributed by atoms with E-state index >= 15 is 0 Å². The van der Waals surface area contributed by atoms with Gasteiger partial charge in [-0.25, -0.2) is 9.37 Å². The van der Waals surface area contributed by atoms with E-state index in [9.17, 15) is 14.0 Å². The van der Waals surface area contributed by atoms with Crippen LogP contribution in [0.25, 0.3) is 22.4 Å². The second-order valence-electron chi connectivity index (χ2n) is 6.82. The van der Waals surface area contributed by atoms with Gasteiger partial charge in [0.2, 0.25) is 5.91 Å². The first-order chi connectivity index (χ1) is 14.5. The van der Waals surface area contributed by atoms with Crippen molar-refractivity contribution in [1.29, 1.82) is 0 Å². The number of pyridine rings is 1. The third-order valence-electron chi connectivity index (χ3n) is 4.68. The van der Waals surface area contributed by atoms with Gasteiger partial charge in [0.25, 0.3) is 5.91 Å². The Bertz CT molecular complexity index is 1220. The molecule has 0 fully saturated rings. The summed E-state index contributed by atoms with van der Waals surface area (Å²) >= 11 is 0. The molecule has 0 aliphatic carbocycles. The van der Waals surface area contributed by atoms with Crippen molar-refractivity contribution < 1.29 is 14.0 Å². The predicted octanol–water partition coefficient (Wildman–Crippen LogP) is 2.59. The van der Waals surface area contributed by atoms with Gasteiger partial charge in [0.15, 0.2) is 0 Å². The molecule has 0 aliphatic heterocycles. The summed E-state index contributed by atoms with van der Waals surface area (Å²) < 4.78 is 13.4. The first-order valence-electron chi connectivity index (χ1n) is 9.24. The van der Waals surface area contributed by atoms with E-state index in [1.807, 2.05) is 12.1 Å². The van der Waals surface area contributed by atoms with Gasteiger partial charge >= 0.3 is 0 Å². The van der Waals surface area contributed by atoms with Gasteiger partial charge in [-0.3, -0.25) is 14.6 Å². The van der Waals surface area contributed by atoms with Crippen molar-refractivity contribution in [3.63, 3.8) is 0 Å². The van der Waals surface area contributed by atoms with Crippen LogP contribution in [0.4, 0.5) is 4.39 Å². The highest BCUT2D eigenvalue weighted by Gasteiger charge is 2.20. The molecule has 2 heterocycles. The number of imidazole rings is 1. The van der Waals surface area contributed by atoms with Crippen LogP contribution in [-0.4, -0.2) is 32.8 Å². The summed E-state index contributed by atoms with van der Waals surface area (Å²) in [6, 6.07) is 13.5. The van der Waals surface area contributed by atoms with Gasteiger partial charge < -0.3 is 16.0 Å². The summed E-state index contributed by atoms with van der Waals surface area (Å²) in [6.07, 6.45) is 3.44. The zero-order valence-corrected chi connectivity index (χ0v) is 15.8. The van der Waals surface area contributed by atoms with Crippen LogP contribution in [0, 0.1) is 5.82 Å². The number of nitrogens with zero attached hydrogens (tertiary/aromatic N) is 2. The minimum absolute atomic E-state index is 0.0946. The van der Waals surface area contributed by atoms with E-state index in [2.05, 4.69) is 20.3 Å². The zero-order valence-electron chi connectivity index (χ0n) is 15.8. The number of hydrogen-bond acceptors (Lipinski definition) is 4. The van der Waals surface area contributed by atoms with Crippen molar-refractivity contribution in [1.82, 2.24) is 20.3 Å². The minimum atomic E-state index is -0.968. The molecule has 0 radical (unpaired) electrons. The number of amides is 2. The summed E-state index contributed by atoms with van der Waals surface area (Å²) in [6.45, 7) is 0. The molecule has 4 N–H and O–H groups in total. The third-order valence-corrected chi connectivity index (χ3v) is 4.68. The maximum atomic E-state index is 13.4. The summed E-state index contributed by atoms with van der Waals surface area (Å²) in [5.41, 5.74) is 8.59. The average molecular weight is 403 g/mol. The van der Waals surface area contributed by atoms with Crippen LogP contribution < -0.4 is 11.1 Å². The van der Waals surface area contributed by atoms with E-state index < -0.39 is 23.7 Å². The molecule has 4 aromatic rings. The number of nitrogens with two attached hydrogens (primary N) is 1. The number of hydrogen-bond donors (Lipinski definition) is 3. The molecule has 0 saturated carbocycles. The van der Waals surface area contributed by atoms with Gasteiger partial charge in [0.05, 0.1) is 11.0 Å². The molecule has 8 heteroatoms. The second-order valence-corrected chi connectivity index (χ2v) is 6.82. The van der Waals surface area contributed by atoms with Gasteiger partial charge in [-0.1, -0.05) is 12.1 Å². The van der Waals surface area contributed by atoms with Crippen molar-refractivity contribution in [2.75, 3.05) is 0 Å². The fraction of sp³-hybridized carbons (Fsp3) is 0.0909. The lowest BCUT2D eigenvalue weighted by molar-refractivity contribution is -0.119. The Morgan fingerprint density at radius 3 is 2.63 bits per heavy atom. The molecule has 30 heavy (non-hydrogen) atoms. The van der Waals surface area contributed by atoms with Crippen LogP contribution in [0.1, 0.15) is 15.9 Å². The Morgan fingerprint density at radius 1 is 1.10 bits per heavy atom. The molecule has 2 amide bonds. The molecular formula is C22H18FN5O2. The maximum Gasteiger partial charge on any atom is 0.252 e. The first kappa shape index (κ1) is 19.3. The Kier molecular flexibility index (Phi) is 5.21. The van der Waals surface area contributed by atoms with Crippen molar-refractivity contribution in [2.24, 2.45) is 5.73 Å². The standard InChI is InChI=1S/C22H18FN5O2/c23-16-3-1-2-13(10-16)11-19(20(24)29)28-22(30)15-4-5-17-18(12-15)27-21(26-17)14-6-8-25-9-7-14/h1-10,12,19H,11H2,(H2,24,29)(H,26,27)(H,28,30)/t19-/m0/s1. The van der Waals surface area contributed by atoms with E-state index in [-0.39, 0.29) is 6.42 Å². The lowest BCUT2D eigenvalue weighted by atomic mass is 10.0. The van der Waals surface area contributed by atoms with E-state index in [0.29, 0.717) is 28.0 Å². The normalized spacial score (nSPS) is 11.9. The monoisotopic (exact) mass is 403 g/mol. The molecule has 4 rings (SSSR count). The summed E-state index contributed by atoms with van der Waals surface area (Å²) in [5.74, 6) is -0.921. The van der Waals surface area contributed by atoms with Crippen LogP contribution in [0.3, 0.4) is 0 Å². The molecule has 0 aliphatic rings. The summed E-state index contributed by atoms with van der Waals surface area (Å²) in [5, 5.41) is 2.63. The average Bonchev–Trinajstić information content (AvgIpc) is 3.17. The van der Waals surface area contributed by atoms with Gasteiger partial charge in [-0.15, -0.1) is 0 Å². The Labute approximate surface area is 171 Å². The van der Waals surface area contributed by atoms with Crippen LogP contribution in [0.5, 0.6) is 0 Å². The largest absolute Gasteiger partial charge is 0.368 e. The molecule has 0 unspecified atom stereocenters. The smallest absolute Gasteiger partial charge is 0.252 e. The molecule has 150 valence electrons. The fourth-order valence-corrected chi connectivity index (χ4v) is 3.16. The zero-order chi connectivity index (χ0) is 21.1. The summed E-state index contributed by atoms with van der Waals surface area (Å²) in [4.78, 5) is 36.2. The number of aromatic amines is 1. The lowest BCUT2D eigenvalue weighted by Gasteiger charge is -2.15. The van der Waals surface area contributed by atoms with Crippen LogP contribution >= 0.6 is 0 Å². The highest BCUT2D eigenvalue weighted by atomic mass is 19.1. The SMILES string of the molecule is NC(=O)[C@H](Cc1cccc(F)c1)NC(=O)c1ccc2nc(-c3ccncc3)[nH]c2c1. The predicted molar refractivity (Wildman–Crippen MR) is 110 cm³/mol. The van der Waals surface area contributed by atoms with E-state index in [0.717, 1.165) is 5.56 Å². The first-order valence-corrected chi connectivity index (χ1v) is 9.24. The molecule has 0 spiro atoms. The number of H-pyrrole nitrogens is 1. The van der Waals surface area contributed by atoms with Crippen LogP contribution in [0.2, 0.25) is 0 Å². The highest BCUT2D eigenvalue weighted by molar-refractivity contribution is 6.00. The fourth-order valence-electron chi connectivity index (χ4n) is 3.16. The molecule has 2 aromatic carbocycles. The number of carbonyl (C=O) groups is 2. The van der Waals surface area contributed by atoms with Crippen molar-refractivity contribution in [3.05, 3.63) is 83.9 Å². The number of fused-ring (bicyclic) bond motifs is 1. The number of aromatic nitrogens is 3. The van der Waals surface area contributed by atoms with Crippen molar-refractivity contribution in [3.8, 4) is 11.4 Å². The number of benzene rings is 2. The Balaban J connectivity index is 1.54. The molecule has 1 atom stereocenters. The topological polar surface area (TPSA) is 114 Å². The Hall–Kier alpha value is -4.07. The van der Waals surface area contributed by atoms with Gasteiger partial charge in [0.1, 0.15) is 17.7 Å². The number of primary amides is 1. The third kappa shape index (κ3) is 4.17. The van der Waals surface area contributed by atoms with E-state index in [4.69, 9.17) is 5.73 Å². The summed E-state index contributed by atoms with van der Waals surface area (Å²) in [7, 11) is 0. The van der Waals surface area contributed by atoms with Gasteiger partial charge in [-0.2, -0.15) is 0 Å². The maximum absolute atomic E-state index is 13.4. The van der Waals surface area contributed by atoms with Gasteiger partial charge in [-0.05, 0) is 48.0 Å². The number of carbonyl (C=O) groups excluding carboxylic acids is 2. The van der Waals surface area contributed by atoms with E-state index in [1.54, 1.807) is 36.7 Å². The van der Waals surface area contributed by atoms with Crippen LogP contribution in [0.15, 0.2) is 67.0 Å². The molecule has 0 bridgehead atoms. The second kappa shape index (κ2) is 8.12. The highest BCUT2D eigenvalue weighted by Crippen LogP contribution is 2.21. The van der Waals surface area contributed by atoms with E-state index in [1.165, 1.54) is 18.2 Å². The molecule has 2 aromatic heterocycles. The molecule has 0 saturated heterocycles. The van der Waals surface area contributed by atoms with Crippen molar-refractivity contribution in [2.45, 2.75) is 12.5 Å². The number of rotatable bonds is 6. The van der Waals surface area contributed by atoms with Gasteiger partial charge in [0, 0.05) is 29.9 Å². The van der Waals surface area contributed by atoms with Crippen LogP contribution in [-0.2, 0) is 11.2 Å². The quantitative estimate of drug-likeness (QED) is 0.459.